The molecule has 0 atom stereocenters. The number of benzene rings is 2. The number of carbonyl (C=O) groups is 1. The van der Waals surface area contributed by atoms with Gasteiger partial charge in [-0.05, 0) is 55.0 Å². The van der Waals surface area contributed by atoms with Crippen LogP contribution in [0, 0.1) is 11.7 Å². The number of nitrogens with zero attached hydrogens (tertiary/aromatic N) is 6. The van der Waals surface area contributed by atoms with Crippen LogP contribution in [0.15, 0.2) is 65.6 Å². The molecule has 4 aromatic rings. The maximum absolute atomic E-state index is 13.5. The van der Waals surface area contributed by atoms with Crippen molar-refractivity contribution in [3.63, 3.8) is 0 Å². The van der Waals surface area contributed by atoms with Crippen molar-refractivity contribution in [1.29, 1.82) is 0 Å². The van der Waals surface area contributed by atoms with Crippen LogP contribution in [0.5, 0.6) is 0 Å². The Hall–Kier alpha value is -4.21. The molecular formula is C30H35FN6O3. The fourth-order valence-corrected chi connectivity index (χ4v) is 5.11. The van der Waals surface area contributed by atoms with E-state index in [1.807, 2.05) is 44.0 Å². The van der Waals surface area contributed by atoms with Crippen LogP contribution >= 0.6 is 0 Å². The molecule has 1 aliphatic heterocycles. The van der Waals surface area contributed by atoms with Crippen LogP contribution in [0.25, 0.3) is 11.0 Å². The summed E-state index contributed by atoms with van der Waals surface area (Å²) in [6.45, 7) is 6.39. The molecule has 10 heteroatoms. The lowest BCUT2D eigenvalue weighted by atomic mass is 10.0. The van der Waals surface area contributed by atoms with E-state index in [4.69, 9.17) is 9.72 Å². The summed E-state index contributed by atoms with van der Waals surface area (Å²) in [5.74, 6) is 1.28. The lowest BCUT2D eigenvalue weighted by Gasteiger charge is -2.38. The maximum Gasteiger partial charge on any atom is 0.423 e. The molecule has 0 unspecified atom stereocenters. The number of anilines is 2. The predicted molar refractivity (Wildman–Crippen MR) is 154 cm³/mol. The van der Waals surface area contributed by atoms with Crippen molar-refractivity contribution in [3.8, 4) is 0 Å². The summed E-state index contributed by atoms with van der Waals surface area (Å²) in [7, 11) is 1.86. The van der Waals surface area contributed by atoms with Crippen LogP contribution in [0.2, 0.25) is 0 Å². The van der Waals surface area contributed by atoms with E-state index in [1.165, 1.54) is 24.4 Å². The third kappa shape index (κ3) is 5.85. The number of imidazole rings is 1. The molecule has 9 nitrogen and oxygen atoms in total. The van der Waals surface area contributed by atoms with E-state index in [9.17, 15) is 14.0 Å². The third-order valence-electron chi connectivity index (χ3n) is 7.43. The van der Waals surface area contributed by atoms with Crippen LogP contribution in [0.1, 0.15) is 38.7 Å². The number of ether oxygens (including phenoxy) is 1. The molecule has 0 amide bonds. The van der Waals surface area contributed by atoms with Gasteiger partial charge >= 0.3 is 6.09 Å². The standard InChI is InChI=1S/C30H35FN6O3/c1-21(2)15-19-40-30(39)37-27(38)12-16-32-28(37)34(3)24-13-17-35(18-14-24)29-33-25-6-4-5-7-26(25)36(29)20-22-8-10-23(31)11-9-22/h4-12,16,21,24H,13-15,17-20H2,1-3H3. The second-order valence-corrected chi connectivity index (χ2v) is 10.7. The Morgan fingerprint density at radius 3 is 2.55 bits per heavy atom. The van der Waals surface area contributed by atoms with Gasteiger partial charge in [0.2, 0.25) is 11.9 Å². The highest BCUT2D eigenvalue weighted by Gasteiger charge is 2.29. The Kier molecular flexibility index (Phi) is 8.14. The topological polar surface area (TPSA) is 85.5 Å². The first-order chi connectivity index (χ1) is 19.3. The van der Waals surface area contributed by atoms with Crippen molar-refractivity contribution in [3.05, 3.63) is 82.5 Å². The average Bonchev–Trinajstić information content (AvgIpc) is 3.31. The fourth-order valence-electron chi connectivity index (χ4n) is 5.11. The van der Waals surface area contributed by atoms with E-state index in [0.29, 0.717) is 12.5 Å². The highest BCUT2D eigenvalue weighted by molar-refractivity contribution is 5.79. The van der Waals surface area contributed by atoms with Gasteiger partial charge in [0.1, 0.15) is 5.82 Å². The van der Waals surface area contributed by atoms with Crippen molar-refractivity contribution in [1.82, 2.24) is 19.1 Å². The molecule has 1 saturated heterocycles. The van der Waals surface area contributed by atoms with Gasteiger partial charge in [-0.15, -0.1) is 0 Å². The van der Waals surface area contributed by atoms with Crippen LogP contribution in [0.4, 0.5) is 21.1 Å². The summed E-state index contributed by atoms with van der Waals surface area (Å²) in [4.78, 5) is 39.0. The molecule has 1 fully saturated rings. The van der Waals surface area contributed by atoms with Crippen LogP contribution in [0.3, 0.4) is 0 Å². The smallest absolute Gasteiger partial charge is 0.423 e. The molecule has 40 heavy (non-hydrogen) atoms. The zero-order valence-electron chi connectivity index (χ0n) is 23.2. The molecule has 210 valence electrons. The van der Waals surface area contributed by atoms with Gasteiger partial charge in [-0.25, -0.2) is 19.2 Å². The maximum atomic E-state index is 13.5. The minimum absolute atomic E-state index is 0.0650. The van der Waals surface area contributed by atoms with Gasteiger partial charge in [-0.1, -0.05) is 38.1 Å². The lowest BCUT2D eigenvalue weighted by Crippen LogP contribution is -2.46. The molecule has 0 aliphatic carbocycles. The molecule has 0 saturated carbocycles. The van der Waals surface area contributed by atoms with Crippen LogP contribution < -0.4 is 15.4 Å². The molecule has 0 bridgehead atoms. The highest BCUT2D eigenvalue weighted by Crippen LogP contribution is 2.28. The molecule has 5 rings (SSSR count). The summed E-state index contributed by atoms with van der Waals surface area (Å²) in [6.07, 6.45) is 3.01. The number of piperidine rings is 1. The second kappa shape index (κ2) is 11.9. The van der Waals surface area contributed by atoms with Crippen molar-refractivity contribution >= 4 is 29.0 Å². The number of para-hydroxylation sites is 2. The first kappa shape index (κ1) is 27.4. The van der Waals surface area contributed by atoms with E-state index in [0.717, 1.165) is 59.5 Å². The SMILES string of the molecule is CC(C)CCOC(=O)n1c(N(C)C2CCN(c3nc4ccccc4n3Cc3ccc(F)cc3)CC2)nccc1=O. The monoisotopic (exact) mass is 546 g/mol. The zero-order valence-corrected chi connectivity index (χ0v) is 23.2. The van der Waals surface area contributed by atoms with Gasteiger partial charge in [0.05, 0.1) is 24.2 Å². The van der Waals surface area contributed by atoms with E-state index in [1.54, 1.807) is 12.1 Å². The first-order valence-corrected chi connectivity index (χ1v) is 13.7. The third-order valence-corrected chi connectivity index (χ3v) is 7.43. The summed E-state index contributed by atoms with van der Waals surface area (Å²) in [6, 6.07) is 15.9. The number of rotatable bonds is 8. The summed E-state index contributed by atoms with van der Waals surface area (Å²) in [5.41, 5.74) is 2.47. The number of hydrogen-bond donors (Lipinski definition) is 0. The minimum atomic E-state index is -0.701. The number of aromatic nitrogens is 4. The van der Waals surface area contributed by atoms with Crippen molar-refractivity contribution in [2.45, 2.75) is 45.7 Å². The van der Waals surface area contributed by atoms with Gasteiger partial charge in [0.25, 0.3) is 5.56 Å². The van der Waals surface area contributed by atoms with E-state index >= 15 is 0 Å². The molecule has 2 aromatic heterocycles. The minimum Gasteiger partial charge on any atom is -0.449 e. The Morgan fingerprint density at radius 2 is 1.82 bits per heavy atom. The van der Waals surface area contributed by atoms with Gasteiger partial charge < -0.3 is 19.1 Å². The molecule has 2 aromatic carbocycles. The quantitative estimate of drug-likeness (QED) is 0.310. The zero-order chi connectivity index (χ0) is 28.2. The number of halogens is 1. The van der Waals surface area contributed by atoms with Crippen molar-refractivity contribution in [2.24, 2.45) is 5.92 Å². The number of fused-ring (bicyclic) bond motifs is 1. The largest absolute Gasteiger partial charge is 0.449 e. The van der Waals surface area contributed by atoms with E-state index < -0.39 is 11.7 Å². The van der Waals surface area contributed by atoms with E-state index in [-0.39, 0.29) is 24.4 Å². The van der Waals surface area contributed by atoms with Gasteiger partial charge in [0, 0.05) is 38.4 Å². The fraction of sp³-hybridized carbons (Fsp3) is 0.400. The van der Waals surface area contributed by atoms with Crippen LogP contribution in [-0.2, 0) is 11.3 Å². The Bertz CT molecular complexity index is 1520. The van der Waals surface area contributed by atoms with Crippen LogP contribution in [-0.4, -0.2) is 58.0 Å². The molecular weight excluding hydrogens is 511 g/mol. The molecule has 3 heterocycles. The van der Waals surface area contributed by atoms with Crippen molar-refractivity contribution in [2.75, 3.05) is 36.5 Å². The predicted octanol–water partition coefficient (Wildman–Crippen LogP) is 4.92. The normalized spacial score (nSPS) is 14.2. The molecule has 0 radical (unpaired) electrons. The Morgan fingerprint density at radius 1 is 1.10 bits per heavy atom. The summed E-state index contributed by atoms with van der Waals surface area (Å²) >= 11 is 0. The first-order valence-electron chi connectivity index (χ1n) is 13.7. The number of carbonyl (C=O) groups excluding carboxylic acids is 1. The van der Waals surface area contributed by atoms with Gasteiger partial charge in [-0.2, -0.15) is 4.57 Å². The van der Waals surface area contributed by atoms with Gasteiger partial charge in [-0.3, -0.25) is 4.79 Å². The van der Waals surface area contributed by atoms with E-state index in [2.05, 4.69) is 20.5 Å². The molecule has 1 aliphatic rings. The average molecular weight is 547 g/mol. The second-order valence-electron chi connectivity index (χ2n) is 10.7. The number of hydrogen-bond acceptors (Lipinski definition) is 7. The lowest BCUT2D eigenvalue weighted by molar-refractivity contribution is 0.141. The Balaban J connectivity index is 1.33. The summed E-state index contributed by atoms with van der Waals surface area (Å²) < 4.78 is 22.1. The summed E-state index contributed by atoms with van der Waals surface area (Å²) in [5, 5.41) is 0. The van der Waals surface area contributed by atoms with Gasteiger partial charge in [0.15, 0.2) is 0 Å². The molecule has 0 N–H and O–H groups in total. The molecule has 0 spiro atoms. The Labute approximate surface area is 232 Å². The highest BCUT2D eigenvalue weighted by atomic mass is 19.1. The van der Waals surface area contributed by atoms with Crippen molar-refractivity contribution < 1.29 is 13.9 Å².